The highest BCUT2D eigenvalue weighted by molar-refractivity contribution is 5.99. The molecule has 1 aliphatic rings. The number of anilines is 1. The number of hydrogen-bond acceptors (Lipinski definition) is 2. The Bertz CT molecular complexity index is 1300. The molecule has 3 rings (SSSR count). The number of carbonyl (C=O) groups is 1. The van der Waals surface area contributed by atoms with Crippen molar-refractivity contribution in [1.82, 2.24) is 0 Å². The minimum Gasteiger partial charge on any atom is -0.493 e. The van der Waals surface area contributed by atoms with Gasteiger partial charge >= 0.3 is 0 Å². The molecule has 1 aliphatic carbocycles. The molecule has 1 unspecified atom stereocenters. The zero-order chi connectivity index (χ0) is 26.4. The van der Waals surface area contributed by atoms with Gasteiger partial charge in [-0.1, -0.05) is 38.7 Å². The van der Waals surface area contributed by atoms with Crippen molar-refractivity contribution in [3.63, 3.8) is 0 Å². The Morgan fingerprint density at radius 2 is 1.94 bits per heavy atom. The van der Waals surface area contributed by atoms with Gasteiger partial charge < -0.3 is 10.1 Å². The van der Waals surface area contributed by atoms with Crippen molar-refractivity contribution in [1.29, 1.82) is 0 Å². The summed E-state index contributed by atoms with van der Waals surface area (Å²) in [6.45, 7) is 9.32. The molecule has 6 heteroatoms. The topological polar surface area (TPSA) is 38.3 Å². The number of rotatable bonds is 7. The van der Waals surface area contributed by atoms with Crippen LogP contribution >= 0.6 is 0 Å². The van der Waals surface area contributed by atoms with Gasteiger partial charge in [-0.15, -0.1) is 0 Å². The highest BCUT2D eigenvalue weighted by Gasteiger charge is 2.21. The van der Waals surface area contributed by atoms with E-state index in [-0.39, 0.29) is 17.2 Å². The maximum Gasteiger partial charge on any atom is 0.247 e. The predicted molar refractivity (Wildman–Crippen MR) is 140 cm³/mol. The van der Waals surface area contributed by atoms with Gasteiger partial charge in [-0.3, -0.25) is 4.79 Å². The molecule has 3 nitrogen and oxygen atoms in total. The molecule has 0 radical (unpaired) electrons. The lowest BCUT2D eigenvalue weighted by Gasteiger charge is -2.21. The highest BCUT2D eigenvalue weighted by Crippen LogP contribution is 2.40. The molecule has 1 N–H and O–H groups in total. The van der Waals surface area contributed by atoms with Crippen LogP contribution in [0, 0.1) is 23.4 Å². The molecule has 0 fully saturated rings. The third kappa shape index (κ3) is 6.06. The number of amides is 1. The smallest absolute Gasteiger partial charge is 0.247 e. The van der Waals surface area contributed by atoms with Gasteiger partial charge in [0.15, 0.2) is 11.6 Å². The van der Waals surface area contributed by atoms with E-state index in [4.69, 9.17) is 4.74 Å². The summed E-state index contributed by atoms with van der Waals surface area (Å²) in [5.41, 5.74) is 3.75. The molecule has 0 aromatic heterocycles. The molecule has 0 bridgehead atoms. The fraction of sp³-hybridized carbons (Fsp3) is 0.233. The summed E-state index contributed by atoms with van der Waals surface area (Å²) in [6, 6.07) is 6.37. The average Bonchev–Trinajstić information content (AvgIpc) is 2.83. The molecule has 0 spiro atoms. The Labute approximate surface area is 210 Å². The van der Waals surface area contributed by atoms with E-state index < -0.39 is 23.4 Å². The molecule has 0 heterocycles. The van der Waals surface area contributed by atoms with Gasteiger partial charge in [0.25, 0.3) is 0 Å². The standard InChI is InChI=1S/C30H30F3NO2/c1-6-8-23(26-15-21(31)16-28(33)30(26)36-5)24-14-20(13-18(3)9-10-19(24)4)25-17-22(11-12-27(25)32)34-29(35)7-2/h7-8,10-18H,2,6,9H2,1,3-5H3,(H,34,35). The van der Waals surface area contributed by atoms with Crippen molar-refractivity contribution >= 4 is 22.7 Å². The first-order valence-corrected chi connectivity index (χ1v) is 11.8. The van der Waals surface area contributed by atoms with Gasteiger partial charge in [0, 0.05) is 22.9 Å². The minimum atomic E-state index is -0.802. The summed E-state index contributed by atoms with van der Waals surface area (Å²) >= 11 is 0. The number of benzene rings is 2. The van der Waals surface area contributed by atoms with Crippen molar-refractivity contribution in [3.05, 3.63) is 107 Å². The SMILES string of the molecule is C=CC(=O)Nc1ccc(F)c(C2=CC(C)CC=C(C)C(C(=CCC)c3cc(F)cc(F)c3OC)=C2)c1. The van der Waals surface area contributed by atoms with Crippen LogP contribution in [0.5, 0.6) is 5.75 Å². The summed E-state index contributed by atoms with van der Waals surface area (Å²) in [7, 11) is 1.34. The first-order chi connectivity index (χ1) is 17.2. The molecule has 36 heavy (non-hydrogen) atoms. The number of allylic oxidation sites excluding steroid dienone is 8. The molecule has 0 saturated heterocycles. The predicted octanol–water partition coefficient (Wildman–Crippen LogP) is 8.03. The van der Waals surface area contributed by atoms with E-state index in [1.54, 1.807) is 6.07 Å². The molecule has 188 valence electrons. The lowest BCUT2D eigenvalue weighted by atomic mass is 9.85. The summed E-state index contributed by atoms with van der Waals surface area (Å²) in [5, 5.41) is 2.66. The maximum atomic E-state index is 15.1. The van der Waals surface area contributed by atoms with Gasteiger partial charge in [-0.25, -0.2) is 13.2 Å². The first-order valence-electron chi connectivity index (χ1n) is 11.8. The molecule has 1 atom stereocenters. The molecule has 0 aliphatic heterocycles. The van der Waals surface area contributed by atoms with Gasteiger partial charge in [-0.05, 0) is 84.4 Å². The zero-order valence-corrected chi connectivity index (χ0v) is 20.9. The summed E-state index contributed by atoms with van der Waals surface area (Å²) in [4.78, 5) is 11.8. The van der Waals surface area contributed by atoms with Gasteiger partial charge in [0.2, 0.25) is 5.91 Å². The lowest BCUT2D eigenvalue weighted by Crippen LogP contribution is -2.08. The Morgan fingerprint density at radius 3 is 2.61 bits per heavy atom. The quantitative estimate of drug-likeness (QED) is 0.397. The van der Waals surface area contributed by atoms with Crippen LogP contribution in [0.25, 0.3) is 11.1 Å². The largest absolute Gasteiger partial charge is 0.493 e. The minimum absolute atomic E-state index is 0.0638. The van der Waals surface area contributed by atoms with Crippen LogP contribution in [0.3, 0.4) is 0 Å². The number of ether oxygens (including phenoxy) is 1. The van der Waals surface area contributed by atoms with Crippen LogP contribution in [0.2, 0.25) is 0 Å². The Hall–Kier alpha value is -3.80. The summed E-state index contributed by atoms with van der Waals surface area (Å²) in [5.74, 6) is -2.36. The van der Waals surface area contributed by atoms with E-state index in [0.717, 1.165) is 17.7 Å². The third-order valence-corrected chi connectivity index (χ3v) is 5.92. The zero-order valence-electron chi connectivity index (χ0n) is 20.9. The average molecular weight is 494 g/mol. The van der Waals surface area contributed by atoms with Crippen LogP contribution < -0.4 is 10.1 Å². The van der Waals surface area contributed by atoms with E-state index >= 15 is 4.39 Å². The molecular weight excluding hydrogens is 463 g/mol. The van der Waals surface area contributed by atoms with E-state index in [9.17, 15) is 13.6 Å². The monoisotopic (exact) mass is 493 g/mol. The van der Waals surface area contributed by atoms with E-state index in [1.807, 2.05) is 39.0 Å². The van der Waals surface area contributed by atoms with E-state index in [1.165, 1.54) is 25.3 Å². The number of methoxy groups -OCH3 is 1. The Morgan fingerprint density at radius 1 is 1.19 bits per heavy atom. The van der Waals surface area contributed by atoms with Crippen molar-refractivity contribution < 1.29 is 22.7 Å². The van der Waals surface area contributed by atoms with Crippen LogP contribution in [0.1, 0.15) is 44.7 Å². The van der Waals surface area contributed by atoms with E-state index in [2.05, 4.69) is 18.0 Å². The first kappa shape index (κ1) is 26.8. The fourth-order valence-corrected chi connectivity index (χ4v) is 4.18. The third-order valence-electron chi connectivity index (χ3n) is 5.92. The van der Waals surface area contributed by atoms with Gasteiger partial charge in [-0.2, -0.15) is 0 Å². The van der Waals surface area contributed by atoms with Crippen LogP contribution in [-0.2, 0) is 4.79 Å². The Balaban J connectivity index is 2.26. The molecule has 2 aromatic rings. The fourth-order valence-electron chi connectivity index (χ4n) is 4.18. The van der Waals surface area contributed by atoms with E-state index in [0.29, 0.717) is 40.8 Å². The van der Waals surface area contributed by atoms with Crippen LogP contribution in [0.15, 0.2) is 78.4 Å². The summed E-state index contributed by atoms with van der Waals surface area (Å²) in [6.07, 6.45) is 10.1. The number of halogens is 3. The Kier molecular flexibility index (Phi) is 8.75. The maximum absolute atomic E-state index is 15.1. The summed E-state index contributed by atoms with van der Waals surface area (Å²) < 4.78 is 49.3. The van der Waals surface area contributed by atoms with Crippen LogP contribution in [0.4, 0.5) is 18.9 Å². The van der Waals surface area contributed by atoms with Gasteiger partial charge in [0.1, 0.15) is 11.6 Å². The number of hydrogen-bond donors (Lipinski definition) is 1. The van der Waals surface area contributed by atoms with Crippen LogP contribution in [-0.4, -0.2) is 13.0 Å². The molecular formula is C30H30F3NO2. The van der Waals surface area contributed by atoms with Crippen molar-refractivity contribution in [3.8, 4) is 5.75 Å². The van der Waals surface area contributed by atoms with Crippen molar-refractivity contribution in [2.75, 3.05) is 12.4 Å². The molecule has 0 saturated carbocycles. The van der Waals surface area contributed by atoms with Crippen molar-refractivity contribution in [2.24, 2.45) is 5.92 Å². The highest BCUT2D eigenvalue weighted by atomic mass is 19.1. The number of nitrogens with one attached hydrogen (secondary N) is 1. The molecule has 2 aromatic carbocycles. The second-order valence-electron chi connectivity index (χ2n) is 8.66. The second-order valence-corrected chi connectivity index (χ2v) is 8.66. The molecule has 1 amide bonds. The lowest BCUT2D eigenvalue weighted by molar-refractivity contribution is -0.111. The van der Waals surface area contributed by atoms with Gasteiger partial charge in [0.05, 0.1) is 7.11 Å². The van der Waals surface area contributed by atoms with Crippen molar-refractivity contribution in [2.45, 2.75) is 33.6 Å². The second kappa shape index (κ2) is 11.8. The number of carbonyl (C=O) groups excluding carboxylic acids is 1. The normalized spacial score (nSPS) is 16.2.